The summed E-state index contributed by atoms with van der Waals surface area (Å²) in [7, 11) is 0. The van der Waals surface area contributed by atoms with E-state index in [0.29, 0.717) is 26.0 Å². The van der Waals surface area contributed by atoms with Crippen LogP contribution in [-0.4, -0.2) is 30.3 Å². The molecule has 0 spiro atoms. The molecular formula is C17H27NO3. The summed E-state index contributed by atoms with van der Waals surface area (Å²) in [5.74, 6) is 0.811. The van der Waals surface area contributed by atoms with Crippen LogP contribution in [0, 0.1) is 5.41 Å². The Kier molecular flexibility index (Phi) is 6.69. The van der Waals surface area contributed by atoms with Crippen LogP contribution in [0.1, 0.15) is 39.7 Å². The molecule has 1 unspecified atom stereocenters. The minimum absolute atomic E-state index is 0.0350. The number of nitrogens with one attached hydrogen (secondary N) is 1. The van der Waals surface area contributed by atoms with Crippen LogP contribution in [0.25, 0.3) is 0 Å². The Labute approximate surface area is 127 Å². The zero-order chi connectivity index (χ0) is 15.9. The summed E-state index contributed by atoms with van der Waals surface area (Å²) in [5, 5.41) is 12.6. The summed E-state index contributed by atoms with van der Waals surface area (Å²) < 4.78 is 5.38. The van der Waals surface area contributed by atoms with Crippen molar-refractivity contribution >= 4 is 5.91 Å². The number of aliphatic hydroxyl groups is 1. The Morgan fingerprint density at radius 3 is 2.43 bits per heavy atom. The molecular weight excluding hydrogens is 266 g/mol. The van der Waals surface area contributed by atoms with Gasteiger partial charge in [0.15, 0.2) is 0 Å². The Bertz CT molecular complexity index is 434. The first-order valence-electron chi connectivity index (χ1n) is 7.49. The van der Waals surface area contributed by atoms with E-state index in [1.807, 2.05) is 52.0 Å². The van der Waals surface area contributed by atoms with E-state index in [4.69, 9.17) is 4.74 Å². The van der Waals surface area contributed by atoms with E-state index < -0.39 is 6.10 Å². The van der Waals surface area contributed by atoms with Crippen molar-refractivity contribution in [2.45, 2.75) is 46.6 Å². The number of benzene rings is 1. The SMILES string of the molecule is CCOc1ccc(CCC(=O)NCC(O)C(C)(C)C)cc1. The van der Waals surface area contributed by atoms with Gasteiger partial charge in [0.25, 0.3) is 0 Å². The fourth-order valence-electron chi connectivity index (χ4n) is 1.78. The van der Waals surface area contributed by atoms with E-state index in [1.165, 1.54) is 0 Å². The molecule has 0 aliphatic carbocycles. The van der Waals surface area contributed by atoms with Crippen molar-refractivity contribution in [3.63, 3.8) is 0 Å². The van der Waals surface area contributed by atoms with Crippen molar-refractivity contribution in [1.29, 1.82) is 0 Å². The molecule has 1 aromatic rings. The van der Waals surface area contributed by atoms with Crippen molar-refractivity contribution in [3.8, 4) is 5.75 Å². The number of ether oxygens (including phenoxy) is 1. The van der Waals surface area contributed by atoms with Crippen molar-refractivity contribution in [1.82, 2.24) is 5.32 Å². The monoisotopic (exact) mass is 293 g/mol. The number of aliphatic hydroxyl groups excluding tert-OH is 1. The number of aryl methyl sites for hydroxylation is 1. The summed E-state index contributed by atoms with van der Waals surface area (Å²) in [6.45, 7) is 8.74. The Morgan fingerprint density at radius 1 is 1.29 bits per heavy atom. The van der Waals surface area contributed by atoms with Crippen molar-refractivity contribution in [2.24, 2.45) is 5.41 Å². The van der Waals surface area contributed by atoms with Crippen LogP contribution in [0.2, 0.25) is 0 Å². The van der Waals surface area contributed by atoms with E-state index in [9.17, 15) is 9.90 Å². The molecule has 0 radical (unpaired) electrons. The highest BCUT2D eigenvalue weighted by Gasteiger charge is 2.22. The average Bonchev–Trinajstić information content (AvgIpc) is 2.43. The highest BCUT2D eigenvalue weighted by molar-refractivity contribution is 5.76. The molecule has 0 aliphatic heterocycles. The molecule has 4 nitrogen and oxygen atoms in total. The van der Waals surface area contributed by atoms with Gasteiger partial charge in [-0.1, -0.05) is 32.9 Å². The lowest BCUT2D eigenvalue weighted by atomic mass is 9.89. The summed E-state index contributed by atoms with van der Waals surface area (Å²) in [6, 6.07) is 7.78. The molecule has 0 bridgehead atoms. The van der Waals surface area contributed by atoms with Crippen LogP contribution in [0.5, 0.6) is 5.75 Å². The van der Waals surface area contributed by atoms with Gasteiger partial charge in [0, 0.05) is 13.0 Å². The number of carbonyl (C=O) groups is 1. The highest BCUT2D eigenvalue weighted by Crippen LogP contribution is 2.18. The lowest BCUT2D eigenvalue weighted by molar-refractivity contribution is -0.121. The number of hydrogen-bond acceptors (Lipinski definition) is 3. The van der Waals surface area contributed by atoms with Gasteiger partial charge in [-0.2, -0.15) is 0 Å². The van der Waals surface area contributed by atoms with Crippen LogP contribution in [-0.2, 0) is 11.2 Å². The molecule has 1 rings (SSSR count). The van der Waals surface area contributed by atoms with E-state index in [2.05, 4.69) is 5.32 Å². The van der Waals surface area contributed by atoms with Gasteiger partial charge in [0.2, 0.25) is 5.91 Å². The van der Waals surface area contributed by atoms with E-state index in [-0.39, 0.29) is 11.3 Å². The van der Waals surface area contributed by atoms with E-state index >= 15 is 0 Å². The number of hydrogen-bond donors (Lipinski definition) is 2. The normalized spacial score (nSPS) is 12.8. The van der Waals surface area contributed by atoms with Gasteiger partial charge < -0.3 is 15.2 Å². The van der Waals surface area contributed by atoms with Crippen LogP contribution in [0.3, 0.4) is 0 Å². The standard InChI is InChI=1S/C17H27NO3/c1-5-21-14-9-6-13(7-10-14)8-11-16(20)18-12-15(19)17(2,3)4/h6-7,9-10,15,19H,5,8,11-12H2,1-4H3,(H,18,20). The summed E-state index contributed by atoms with van der Waals surface area (Å²) in [6.07, 6.45) is 0.571. The van der Waals surface area contributed by atoms with Gasteiger partial charge in [-0.05, 0) is 36.5 Å². The molecule has 0 saturated heterocycles. The Morgan fingerprint density at radius 2 is 1.90 bits per heavy atom. The molecule has 1 atom stereocenters. The maximum atomic E-state index is 11.8. The van der Waals surface area contributed by atoms with Gasteiger partial charge in [-0.3, -0.25) is 4.79 Å². The second-order valence-electron chi connectivity index (χ2n) is 6.26. The molecule has 118 valence electrons. The molecule has 21 heavy (non-hydrogen) atoms. The second kappa shape index (κ2) is 8.03. The molecule has 0 aromatic heterocycles. The van der Waals surface area contributed by atoms with Crippen LogP contribution in [0.4, 0.5) is 0 Å². The summed E-state index contributed by atoms with van der Waals surface area (Å²) >= 11 is 0. The van der Waals surface area contributed by atoms with Gasteiger partial charge in [-0.25, -0.2) is 0 Å². The number of rotatable bonds is 7. The Balaban J connectivity index is 2.32. The van der Waals surface area contributed by atoms with Crippen LogP contribution < -0.4 is 10.1 Å². The van der Waals surface area contributed by atoms with Crippen molar-refractivity contribution in [3.05, 3.63) is 29.8 Å². The highest BCUT2D eigenvalue weighted by atomic mass is 16.5. The van der Waals surface area contributed by atoms with Crippen LogP contribution in [0.15, 0.2) is 24.3 Å². The minimum Gasteiger partial charge on any atom is -0.494 e. The average molecular weight is 293 g/mol. The second-order valence-corrected chi connectivity index (χ2v) is 6.26. The first-order chi connectivity index (χ1) is 9.82. The number of carbonyl (C=O) groups excluding carboxylic acids is 1. The quantitative estimate of drug-likeness (QED) is 0.812. The smallest absolute Gasteiger partial charge is 0.220 e. The summed E-state index contributed by atoms with van der Waals surface area (Å²) in [5.41, 5.74) is 0.882. The van der Waals surface area contributed by atoms with Crippen molar-refractivity contribution < 1.29 is 14.6 Å². The molecule has 0 aliphatic rings. The first kappa shape index (κ1) is 17.5. The van der Waals surface area contributed by atoms with E-state index in [1.54, 1.807) is 0 Å². The zero-order valence-electron chi connectivity index (χ0n) is 13.5. The molecule has 1 amide bonds. The van der Waals surface area contributed by atoms with Gasteiger partial charge in [0.1, 0.15) is 5.75 Å². The van der Waals surface area contributed by atoms with E-state index in [0.717, 1.165) is 11.3 Å². The minimum atomic E-state index is -0.535. The lowest BCUT2D eigenvalue weighted by Gasteiger charge is -2.25. The number of amides is 1. The molecule has 0 heterocycles. The largest absolute Gasteiger partial charge is 0.494 e. The molecule has 2 N–H and O–H groups in total. The lowest BCUT2D eigenvalue weighted by Crippen LogP contribution is -2.39. The first-order valence-corrected chi connectivity index (χ1v) is 7.49. The fraction of sp³-hybridized carbons (Fsp3) is 0.588. The van der Waals surface area contributed by atoms with Crippen molar-refractivity contribution in [2.75, 3.05) is 13.2 Å². The molecule has 0 fully saturated rings. The molecule has 4 heteroatoms. The predicted octanol–water partition coefficient (Wildman–Crippen LogP) is 2.54. The van der Waals surface area contributed by atoms with Crippen LogP contribution >= 0.6 is 0 Å². The fourth-order valence-corrected chi connectivity index (χ4v) is 1.78. The topological polar surface area (TPSA) is 58.6 Å². The Hall–Kier alpha value is -1.55. The van der Waals surface area contributed by atoms with Gasteiger partial charge in [-0.15, -0.1) is 0 Å². The molecule has 0 saturated carbocycles. The third-order valence-electron chi connectivity index (χ3n) is 3.37. The molecule has 1 aromatic carbocycles. The zero-order valence-corrected chi connectivity index (χ0v) is 13.5. The van der Waals surface area contributed by atoms with Gasteiger partial charge in [0.05, 0.1) is 12.7 Å². The maximum Gasteiger partial charge on any atom is 0.220 e. The van der Waals surface area contributed by atoms with Gasteiger partial charge >= 0.3 is 0 Å². The predicted molar refractivity (Wildman–Crippen MR) is 84.4 cm³/mol. The maximum absolute atomic E-state index is 11.8. The summed E-state index contributed by atoms with van der Waals surface area (Å²) in [4.78, 5) is 11.8. The third kappa shape index (κ3) is 6.63. The third-order valence-corrected chi connectivity index (χ3v) is 3.37.